The van der Waals surface area contributed by atoms with Crippen LogP contribution in [0.1, 0.15) is 24.8 Å². The molecule has 2 N–H and O–H groups in total. The zero-order valence-electron chi connectivity index (χ0n) is 17.8. The molecule has 2 aromatic rings. The smallest absolute Gasteiger partial charge is 0.195 e. The zero-order valence-corrected chi connectivity index (χ0v) is 20.1. The first-order valence-corrected chi connectivity index (χ1v) is 10.2. The van der Waals surface area contributed by atoms with Crippen LogP contribution < -0.4 is 20.3 Å². The highest BCUT2D eigenvalue weighted by Gasteiger charge is 2.13. The van der Waals surface area contributed by atoms with Crippen molar-refractivity contribution in [2.45, 2.75) is 25.8 Å². The Kier molecular flexibility index (Phi) is 10.7. The molecule has 0 atom stereocenters. The predicted molar refractivity (Wildman–Crippen MR) is 133 cm³/mol. The van der Waals surface area contributed by atoms with E-state index in [1.807, 2.05) is 36.5 Å². The van der Waals surface area contributed by atoms with Gasteiger partial charge in [0.15, 0.2) is 5.96 Å². The summed E-state index contributed by atoms with van der Waals surface area (Å²) in [6.45, 7) is 4.19. The normalized spacial score (nSPS) is 13.7. The van der Waals surface area contributed by atoms with Gasteiger partial charge in [0.2, 0.25) is 0 Å². The summed E-state index contributed by atoms with van der Waals surface area (Å²) in [5.74, 6) is 2.59. The van der Waals surface area contributed by atoms with Gasteiger partial charge in [-0.3, -0.25) is 4.99 Å². The average Bonchev–Trinajstić information content (AvgIpc) is 3.30. The molecule has 1 saturated heterocycles. The maximum atomic E-state index is 5.76. The summed E-state index contributed by atoms with van der Waals surface area (Å²) in [5.41, 5.74) is 2.11. The third kappa shape index (κ3) is 7.64. The standard InChI is InChI=1S/C22H31N5O2.HI/c1-23-22(26-19-7-5-8-20(16-19)29-14-6-13-28-2)25-17-18-9-10-24-21(15-18)27-11-3-4-12-27;/h5,7-10,15-16H,3-4,6,11-14,17H2,1-2H3,(H2,23,25,26);1H. The van der Waals surface area contributed by atoms with Crippen molar-refractivity contribution in [1.29, 1.82) is 0 Å². The summed E-state index contributed by atoms with van der Waals surface area (Å²) in [4.78, 5) is 11.2. The van der Waals surface area contributed by atoms with Crippen molar-refractivity contribution in [2.24, 2.45) is 4.99 Å². The molecular formula is C22H32IN5O2. The Hall–Kier alpha value is -2.07. The molecule has 1 aromatic heterocycles. The number of guanidine groups is 1. The van der Waals surface area contributed by atoms with Gasteiger partial charge in [0.05, 0.1) is 6.61 Å². The molecule has 2 heterocycles. The summed E-state index contributed by atoms with van der Waals surface area (Å²) >= 11 is 0. The number of nitrogens with one attached hydrogen (secondary N) is 2. The van der Waals surface area contributed by atoms with Gasteiger partial charge in [-0.25, -0.2) is 4.98 Å². The molecule has 0 spiro atoms. The fourth-order valence-corrected chi connectivity index (χ4v) is 3.25. The molecule has 164 valence electrons. The maximum Gasteiger partial charge on any atom is 0.195 e. The number of hydrogen-bond acceptors (Lipinski definition) is 5. The van der Waals surface area contributed by atoms with Crippen molar-refractivity contribution in [3.63, 3.8) is 0 Å². The van der Waals surface area contributed by atoms with Crippen molar-refractivity contribution < 1.29 is 9.47 Å². The van der Waals surface area contributed by atoms with Crippen LogP contribution in [0.5, 0.6) is 5.75 Å². The van der Waals surface area contributed by atoms with E-state index in [1.54, 1.807) is 14.2 Å². The fraction of sp³-hybridized carbons (Fsp3) is 0.455. The molecule has 0 aliphatic carbocycles. The highest BCUT2D eigenvalue weighted by atomic mass is 127. The van der Waals surface area contributed by atoms with E-state index in [2.05, 4.69) is 31.6 Å². The number of ether oxygens (including phenoxy) is 2. The molecular weight excluding hydrogens is 493 g/mol. The summed E-state index contributed by atoms with van der Waals surface area (Å²) < 4.78 is 10.8. The number of aromatic nitrogens is 1. The van der Waals surface area contributed by atoms with Crippen LogP contribution in [0.2, 0.25) is 0 Å². The second-order valence-corrected chi connectivity index (χ2v) is 6.99. The van der Waals surface area contributed by atoms with Crippen LogP contribution in [-0.2, 0) is 11.3 Å². The number of methoxy groups -OCH3 is 1. The lowest BCUT2D eigenvalue weighted by atomic mass is 10.2. The Morgan fingerprint density at radius 1 is 1.17 bits per heavy atom. The average molecular weight is 525 g/mol. The van der Waals surface area contributed by atoms with E-state index in [1.165, 1.54) is 18.4 Å². The van der Waals surface area contributed by atoms with E-state index in [4.69, 9.17) is 9.47 Å². The van der Waals surface area contributed by atoms with E-state index in [0.717, 1.165) is 36.8 Å². The lowest BCUT2D eigenvalue weighted by Crippen LogP contribution is -2.30. The summed E-state index contributed by atoms with van der Waals surface area (Å²) in [6.07, 6.45) is 5.24. The van der Waals surface area contributed by atoms with Gasteiger partial charge in [0, 0.05) is 64.8 Å². The van der Waals surface area contributed by atoms with Crippen molar-refractivity contribution in [2.75, 3.05) is 50.7 Å². The first-order chi connectivity index (χ1) is 14.3. The zero-order chi connectivity index (χ0) is 20.3. The molecule has 1 aliphatic rings. The van der Waals surface area contributed by atoms with E-state index in [0.29, 0.717) is 25.7 Å². The third-order valence-electron chi connectivity index (χ3n) is 4.78. The highest BCUT2D eigenvalue weighted by molar-refractivity contribution is 14.0. The Bertz CT molecular complexity index is 797. The largest absolute Gasteiger partial charge is 0.493 e. The van der Waals surface area contributed by atoms with Crippen molar-refractivity contribution in [3.8, 4) is 5.75 Å². The molecule has 0 bridgehead atoms. The lowest BCUT2D eigenvalue weighted by molar-refractivity contribution is 0.172. The van der Waals surface area contributed by atoms with Crippen LogP contribution in [0, 0.1) is 0 Å². The van der Waals surface area contributed by atoms with Gasteiger partial charge in [-0.2, -0.15) is 0 Å². The minimum Gasteiger partial charge on any atom is -0.493 e. The summed E-state index contributed by atoms with van der Waals surface area (Å²) in [6, 6.07) is 12.1. The van der Waals surface area contributed by atoms with Crippen molar-refractivity contribution in [3.05, 3.63) is 48.2 Å². The highest BCUT2D eigenvalue weighted by Crippen LogP contribution is 2.19. The van der Waals surface area contributed by atoms with Gasteiger partial charge in [-0.15, -0.1) is 24.0 Å². The monoisotopic (exact) mass is 525 g/mol. The van der Waals surface area contributed by atoms with Gasteiger partial charge in [-0.1, -0.05) is 6.07 Å². The molecule has 8 heteroatoms. The number of hydrogen-bond donors (Lipinski definition) is 2. The number of nitrogens with zero attached hydrogens (tertiary/aromatic N) is 3. The second kappa shape index (κ2) is 13.3. The number of aliphatic imine (C=N–C) groups is 1. The van der Waals surface area contributed by atoms with Crippen LogP contribution in [0.15, 0.2) is 47.6 Å². The molecule has 30 heavy (non-hydrogen) atoms. The van der Waals surface area contributed by atoms with E-state index < -0.39 is 0 Å². The molecule has 0 radical (unpaired) electrons. The molecule has 0 saturated carbocycles. The Morgan fingerprint density at radius 3 is 2.77 bits per heavy atom. The number of halogens is 1. The first kappa shape index (κ1) is 24.2. The van der Waals surface area contributed by atoms with E-state index >= 15 is 0 Å². The number of rotatable bonds is 9. The molecule has 1 fully saturated rings. The lowest BCUT2D eigenvalue weighted by Gasteiger charge is -2.17. The predicted octanol–water partition coefficient (Wildman–Crippen LogP) is 3.90. The van der Waals surface area contributed by atoms with E-state index in [9.17, 15) is 0 Å². The van der Waals surface area contributed by atoms with Crippen LogP contribution in [-0.4, -0.2) is 51.4 Å². The first-order valence-electron chi connectivity index (χ1n) is 10.2. The molecule has 7 nitrogen and oxygen atoms in total. The maximum absolute atomic E-state index is 5.76. The molecule has 3 rings (SSSR count). The van der Waals surface area contributed by atoms with Crippen molar-refractivity contribution in [1.82, 2.24) is 10.3 Å². The number of pyridine rings is 1. The molecule has 0 unspecified atom stereocenters. The van der Waals surface area contributed by atoms with Crippen LogP contribution in [0.3, 0.4) is 0 Å². The molecule has 0 amide bonds. The quantitative estimate of drug-likeness (QED) is 0.224. The number of anilines is 2. The molecule has 1 aromatic carbocycles. The Morgan fingerprint density at radius 2 is 2.00 bits per heavy atom. The van der Waals surface area contributed by atoms with E-state index in [-0.39, 0.29) is 24.0 Å². The number of benzene rings is 1. The van der Waals surface area contributed by atoms with Gasteiger partial charge >= 0.3 is 0 Å². The fourth-order valence-electron chi connectivity index (χ4n) is 3.25. The third-order valence-corrected chi connectivity index (χ3v) is 4.78. The van der Waals surface area contributed by atoms with Crippen LogP contribution in [0.4, 0.5) is 11.5 Å². The topological polar surface area (TPSA) is 71.0 Å². The summed E-state index contributed by atoms with van der Waals surface area (Å²) in [7, 11) is 3.46. The van der Waals surface area contributed by atoms with Crippen molar-refractivity contribution >= 4 is 41.4 Å². The van der Waals surface area contributed by atoms with Gasteiger partial charge in [0.1, 0.15) is 11.6 Å². The SMILES string of the molecule is CN=C(NCc1ccnc(N2CCCC2)c1)Nc1cccc(OCCCOC)c1.I. The second-order valence-electron chi connectivity index (χ2n) is 6.99. The van der Waals surface area contributed by atoms with Gasteiger partial charge < -0.3 is 25.0 Å². The van der Waals surface area contributed by atoms with Gasteiger partial charge in [0.25, 0.3) is 0 Å². The Labute approximate surface area is 196 Å². The minimum atomic E-state index is 0. The van der Waals surface area contributed by atoms with Gasteiger partial charge in [-0.05, 0) is 42.7 Å². The van der Waals surface area contributed by atoms with Crippen LogP contribution in [0.25, 0.3) is 0 Å². The van der Waals surface area contributed by atoms with Crippen LogP contribution >= 0.6 is 24.0 Å². The molecule has 1 aliphatic heterocycles. The minimum absolute atomic E-state index is 0. The summed E-state index contributed by atoms with van der Waals surface area (Å²) in [5, 5.41) is 6.69. The Balaban J connectivity index is 0.00000320.